The summed E-state index contributed by atoms with van der Waals surface area (Å²) in [6.07, 6.45) is 2.10. The molecule has 1 amide bonds. The van der Waals surface area contributed by atoms with Crippen molar-refractivity contribution in [2.45, 2.75) is 12.5 Å². The number of para-hydroxylation sites is 2. The molecule has 2 aromatic rings. The zero-order valence-electron chi connectivity index (χ0n) is 12.2. The molecule has 0 spiro atoms. The molecule has 1 aromatic carbocycles. The summed E-state index contributed by atoms with van der Waals surface area (Å²) in [5.74, 6) is -0.154. The van der Waals surface area contributed by atoms with E-state index >= 15 is 0 Å². The molecule has 1 aliphatic rings. The third-order valence-corrected chi connectivity index (χ3v) is 3.66. The largest absolute Gasteiger partial charge is 0.506 e. The minimum Gasteiger partial charge on any atom is -0.506 e. The van der Waals surface area contributed by atoms with Crippen LogP contribution in [0.1, 0.15) is 16.8 Å². The van der Waals surface area contributed by atoms with E-state index in [1.807, 2.05) is 0 Å². The van der Waals surface area contributed by atoms with Crippen molar-refractivity contribution in [3.05, 3.63) is 47.1 Å². The highest BCUT2D eigenvalue weighted by molar-refractivity contribution is 6.32. The van der Waals surface area contributed by atoms with Crippen LogP contribution in [-0.4, -0.2) is 35.3 Å². The van der Waals surface area contributed by atoms with E-state index in [0.29, 0.717) is 18.9 Å². The molecule has 120 valence electrons. The predicted molar refractivity (Wildman–Crippen MR) is 85.2 cm³/mol. The van der Waals surface area contributed by atoms with Crippen molar-refractivity contribution in [3.63, 3.8) is 0 Å². The zero-order chi connectivity index (χ0) is 16.2. The van der Waals surface area contributed by atoms with Gasteiger partial charge in [0.05, 0.1) is 24.5 Å². The Balaban J connectivity index is 1.71. The highest BCUT2D eigenvalue weighted by atomic mass is 35.5. The van der Waals surface area contributed by atoms with Gasteiger partial charge in [0.25, 0.3) is 5.91 Å². The van der Waals surface area contributed by atoms with Gasteiger partial charge < -0.3 is 19.9 Å². The fourth-order valence-corrected chi connectivity index (χ4v) is 2.38. The number of carbonyl (C=O) groups is 1. The Morgan fingerprint density at radius 3 is 2.96 bits per heavy atom. The third-order valence-electron chi connectivity index (χ3n) is 3.39. The first-order chi connectivity index (χ1) is 11.1. The lowest BCUT2D eigenvalue weighted by Gasteiger charge is -2.13. The monoisotopic (exact) mass is 334 g/mol. The maximum atomic E-state index is 12.2. The number of halogens is 1. The van der Waals surface area contributed by atoms with Crippen molar-refractivity contribution in [1.82, 2.24) is 4.98 Å². The van der Waals surface area contributed by atoms with E-state index in [4.69, 9.17) is 21.1 Å². The van der Waals surface area contributed by atoms with Crippen LogP contribution in [0.5, 0.6) is 11.6 Å². The van der Waals surface area contributed by atoms with E-state index in [9.17, 15) is 9.90 Å². The number of ether oxygens (including phenoxy) is 2. The first-order valence-electron chi connectivity index (χ1n) is 7.13. The number of aromatic hydroxyl groups is 1. The predicted octanol–water partition coefficient (Wildman–Crippen LogP) is 2.86. The van der Waals surface area contributed by atoms with Crippen LogP contribution in [0.25, 0.3) is 0 Å². The molecule has 6 nitrogen and oxygen atoms in total. The summed E-state index contributed by atoms with van der Waals surface area (Å²) >= 11 is 6.13. The summed E-state index contributed by atoms with van der Waals surface area (Å²) in [6.45, 7) is 1.16. The SMILES string of the molecule is O=C(Nc1ccccc1O)c1cnc(OC2CCOC2)c(Cl)c1. The summed E-state index contributed by atoms with van der Waals surface area (Å²) in [5.41, 5.74) is 0.588. The van der Waals surface area contributed by atoms with Gasteiger partial charge in [0.15, 0.2) is 0 Å². The molecule has 1 atom stereocenters. The number of phenols is 1. The molecule has 7 heteroatoms. The van der Waals surface area contributed by atoms with Gasteiger partial charge in [0, 0.05) is 12.6 Å². The molecular formula is C16H15ClN2O4. The van der Waals surface area contributed by atoms with E-state index in [-0.39, 0.29) is 28.3 Å². The van der Waals surface area contributed by atoms with Crippen molar-refractivity contribution in [3.8, 4) is 11.6 Å². The van der Waals surface area contributed by atoms with E-state index in [2.05, 4.69) is 10.3 Å². The van der Waals surface area contributed by atoms with E-state index in [0.717, 1.165) is 6.42 Å². The quantitative estimate of drug-likeness (QED) is 0.840. The third kappa shape index (κ3) is 3.72. The standard InChI is InChI=1S/C16H15ClN2O4/c17-12-7-10(8-18-16(12)23-11-5-6-22-9-11)15(21)19-13-3-1-2-4-14(13)20/h1-4,7-8,11,20H,5-6,9H2,(H,19,21). The lowest BCUT2D eigenvalue weighted by Crippen LogP contribution is -2.17. The lowest BCUT2D eigenvalue weighted by molar-refractivity contribution is 0.102. The maximum absolute atomic E-state index is 12.2. The van der Waals surface area contributed by atoms with Gasteiger partial charge in [-0.1, -0.05) is 23.7 Å². The summed E-state index contributed by atoms with van der Waals surface area (Å²) in [5, 5.41) is 12.5. The van der Waals surface area contributed by atoms with Gasteiger partial charge in [0.1, 0.15) is 16.9 Å². The van der Waals surface area contributed by atoms with Crippen molar-refractivity contribution >= 4 is 23.2 Å². The van der Waals surface area contributed by atoms with Crippen molar-refractivity contribution in [2.24, 2.45) is 0 Å². The number of amides is 1. The molecule has 0 bridgehead atoms. The molecule has 1 aromatic heterocycles. The molecule has 1 aliphatic heterocycles. The average molecular weight is 335 g/mol. The zero-order valence-corrected chi connectivity index (χ0v) is 12.9. The fourth-order valence-electron chi connectivity index (χ4n) is 2.17. The second-order valence-electron chi connectivity index (χ2n) is 5.09. The Bertz CT molecular complexity index is 717. The van der Waals surface area contributed by atoms with Gasteiger partial charge >= 0.3 is 0 Å². The molecule has 0 aliphatic carbocycles. The number of hydrogen-bond donors (Lipinski definition) is 2. The molecule has 1 unspecified atom stereocenters. The molecule has 3 rings (SSSR count). The second kappa shape index (κ2) is 6.85. The number of carbonyl (C=O) groups excluding carboxylic acids is 1. The molecule has 1 fully saturated rings. The molecule has 1 saturated heterocycles. The Morgan fingerprint density at radius 2 is 2.26 bits per heavy atom. The molecule has 2 N–H and O–H groups in total. The molecule has 23 heavy (non-hydrogen) atoms. The van der Waals surface area contributed by atoms with Gasteiger partial charge in [-0.3, -0.25) is 4.79 Å². The summed E-state index contributed by atoms with van der Waals surface area (Å²) in [4.78, 5) is 16.3. The van der Waals surface area contributed by atoms with Crippen LogP contribution in [0.4, 0.5) is 5.69 Å². The van der Waals surface area contributed by atoms with Crippen molar-refractivity contribution in [2.75, 3.05) is 18.5 Å². The van der Waals surface area contributed by atoms with Gasteiger partial charge in [-0.15, -0.1) is 0 Å². The Kier molecular flexibility index (Phi) is 4.64. The molecule has 2 heterocycles. The van der Waals surface area contributed by atoms with E-state index in [1.165, 1.54) is 18.3 Å². The highest BCUT2D eigenvalue weighted by Gasteiger charge is 2.20. The highest BCUT2D eigenvalue weighted by Crippen LogP contribution is 2.26. The van der Waals surface area contributed by atoms with Gasteiger partial charge in [-0.2, -0.15) is 0 Å². The van der Waals surface area contributed by atoms with Crippen LogP contribution < -0.4 is 10.1 Å². The Hall–Kier alpha value is -2.31. The minimum absolute atomic E-state index is 0.0129. The first kappa shape index (κ1) is 15.6. The van der Waals surface area contributed by atoms with E-state index in [1.54, 1.807) is 18.2 Å². The van der Waals surface area contributed by atoms with Crippen LogP contribution in [0, 0.1) is 0 Å². The van der Waals surface area contributed by atoms with Gasteiger partial charge in [0.2, 0.25) is 5.88 Å². The number of phenolic OH excluding ortho intramolecular Hbond substituents is 1. The van der Waals surface area contributed by atoms with Crippen molar-refractivity contribution in [1.29, 1.82) is 0 Å². The molecule has 0 saturated carbocycles. The summed E-state index contributed by atoms with van der Waals surface area (Å²) in [6, 6.07) is 7.94. The lowest BCUT2D eigenvalue weighted by atomic mass is 10.2. The average Bonchev–Trinajstić information content (AvgIpc) is 3.04. The van der Waals surface area contributed by atoms with E-state index < -0.39 is 5.91 Å². The second-order valence-corrected chi connectivity index (χ2v) is 5.49. The number of pyridine rings is 1. The summed E-state index contributed by atoms with van der Waals surface area (Å²) in [7, 11) is 0. The number of hydrogen-bond acceptors (Lipinski definition) is 5. The number of anilines is 1. The number of rotatable bonds is 4. The number of nitrogens with zero attached hydrogens (tertiary/aromatic N) is 1. The Labute approximate surface area is 138 Å². The maximum Gasteiger partial charge on any atom is 0.257 e. The van der Waals surface area contributed by atoms with Gasteiger partial charge in [-0.05, 0) is 18.2 Å². The van der Waals surface area contributed by atoms with Crippen LogP contribution in [0.3, 0.4) is 0 Å². The smallest absolute Gasteiger partial charge is 0.257 e. The first-order valence-corrected chi connectivity index (χ1v) is 7.50. The van der Waals surface area contributed by atoms with Gasteiger partial charge in [-0.25, -0.2) is 4.98 Å². The Morgan fingerprint density at radius 1 is 1.43 bits per heavy atom. The number of nitrogens with one attached hydrogen (secondary N) is 1. The van der Waals surface area contributed by atoms with Crippen LogP contribution in [-0.2, 0) is 4.74 Å². The number of benzene rings is 1. The topological polar surface area (TPSA) is 80.7 Å². The normalized spacial score (nSPS) is 17.0. The molecular weight excluding hydrogens is 320 g/mol. The van der Waals surface area contributed by atoms with Crippen LogP contribution in [0.15, 0.2) is 36.5 Å². The fraction of sp³-hybridized carbons (Fsp3) is 0.250. The molecule has 0 radical (unpaired) electrons. The van der Waals surface area contributed by atoms with Crippen LogP contribution in [0.2, 0.25) is 5.02 Å². The summed E-state index contributed by atoms with van der Waals surface area (Å²) < 4.78 is 10.9. The number of aromatic nitrogens is 1. The van der Waals surface area contributed by atoms with Crippen molar-refractivity contribution < 1.29 is 19.4 Å². The van der Waals surface area contributed by atoms with Crippen LogP contribution >= 0.6 is 11.6 Å². The minimum atomic E-state index is -0.420.